The quantitative estimate of drug-likeness (QED) is 0.873. The molecule has 18 heavy (non-hydrogen) atoms. The molecule has 0 radical (unpaired) electrons. The number of thiazole rings is 1. The highest BCUT2D eigenvalue weighted by molar-refractivity contribution is 9.10. The first-order valence-corrected chi connectivity index (χ1v) is 6.78. The SMILES string of the molecule is COC(=O)c1cnc(Nc2cc(Br)ccc2C)s1. The van der Waals surface area contributed by atoms with Crippen molar-refractivity contribution in [2.75, 3.05) is 12.4 Å². The van der Waals surface area contributed by atoms with E-state index in [1.807, 2.05) is 25.1 Å². The molecule has 0 aliphatic carbocycles. The number of nitrogens with one attached hydrogen (secondary N) is 1. The van der Waals surface area contributed by atoms with E-state index in [1.165, 1.54) is 24.6 Å². The van der Waals surface area contributed by atoms with Gasteiger partial charge in [0, 0.05) is 10.2 Å². The zero-order chi connectivity index (χ0) is 13.1. The van der Waals surface area contributed by atoms with Gasteiger partial charge >= 0.3 is 5.97 Å². The van der Waals surface area contributed by atoms with Crippen molar-refractivity contribution in [2.45, 2.75) is 6.92 Å². The number of esters is 1. The molecule has 0 bridgehead atoms. The number of hydrogen-bond acceptors (Lipinski definition) is 5. The van der Waals surface area contributed by atoms with Gasteiger partial charge in [-0.2, -0.15) is 0 Å². The standard InChI is InChI=1S/C12H11BrN2O2S/c1-7-3-4-8(13)5-9(7)15-12-14-6-10(18-12)11(16)17-2/h3-6H,1-2H3,(H,14,15). The largest absolute Gasteiger partial charge is 0.465 e. The lowest BCUT2D eigenvalue weighted by molar-refractivity contribution is 0.0606. The topological polar surface area (TPSA) is 51.2 Å². The van der Waals surface area contributed by atoms with Crippen molar-refractivity contribution in [3.8, 4) is 0 Å². The molecule has 0 saturated carbocycles. The lowest BCUT2D eigenvalue weighted by atomic mass is 10.2. The van der Waals surface area contributed by atoms with Crippen LogP contribution >= 0.6 is 27.3 Å². The van der Waals surface area contributed by atoms with Crippen LogP contribution in [-0.2, 0) is 4.74 Å². The molecular weight excluding hydrogens is 316 g/mol. The molecule has 0 aliphatic heterocycles. The molecule has 0 fully saturated rings. The number of hydrogen-bond donors (Lipinski definition) is 1. The third-order valence-electron chi connectivity index (χ3n) is 2.33. The number of nitrogens with zero attached hydrogens (tertiary/aromatic N) is 1. The Morgan fingerprint density at radius 3 is 3.00 bits per heavy atom. The maximum atomic E-state index is 11.3. The molecule has 1 aromatic carbocycles. The normalized spacial score (nSPS) is 10.2. The Kier molecular flexibility index (Phi) is 3.98. The predicted octanol–water partition coefficient (Wildman–Crippen LogP) is 3.74. The van der Waals surface area contributed by atoms with Gasteiger partial charge in [-0.3, -0.25) is 0 Å². The van der Waals surface area contributed by atoms with Crippen molar-refractivity contribution in [2.24, 2.45) is 0 Å². The van der Waals surface area contributed by atoms with Crippen LogP contribution in [0.3, 0.4) is 0 Å². The Morgan fingerprint density at radius 1 is 1.50 bits per heavy atom. The molecule has 1 aromatic heterocycles. The van der Waals surface area contributed by atoms with Crippen LogP contribution in [0, 0.1) is 6.92 Å². The smallest absolute Gasteiger partial charge is 0.349 e. The summed E-state index contributed by atoms with van der Waals surface area (Å²) in [5, 5.41) is 3.85. The van der Waals surface area contributed by atoms with Crippen molar-refractivity contribution in [1.29, 1.82) is 0 Å². The van der Waals surface area contributed by atoms with E-state index in [-0.39, 0.29) is 5.97 Å². The second kappa shape index (κ2) is 5.49. The minimum absolute atomic E-state index is 0.369. The van der Waals surface area contributed by atoms with Crippen molar-refractivity contribution < 1.29 is 9.53 Å². The van der Waals surface area contributed by atoms with Gasteiger partial charge in [0.15, 0.2) is 5.13 Å². The summed E-state index contributed by atoms with van der Waals surface area (Å²) in [5.74, 6) is -0.369. The fourth-order valence-corrected chi connectivity index (χ4v) is 2.48. The molecule has 0 atom stereocenters. The number of ether oxygens (including phenoxy) is 1. The highest BCUT2D eigenvalue weighted by Crippen LogP contribution is 2.27. The van der Waals surface area contributed by atoms with E-state index >= 15 is 0 Å². The van der Waals surface area contributed by atoms with Gasteiger partial charge in [0.05, 0.1) is 13.3 Å². The first-order valence-electron chi connectivity index (χ1n) is 5.17. The number of carbonyl (C=O) groups is 1. The zero-order valence-electron chi connectivity index (χ0n) is 9.86. The minimum atomic E-state index is -0.369. The van der Waals surface area contributed by atoms with E-state index in [4.69, 9.17) is 0 Å². The lowest BCUT2D eigenvalue weighted by Gasteiger charge is -2.06. The van der Waals surface area contributed by atoms with E-state index in [1.54, 1.807) is 0 Å². The number of rotatable bonds is 3. The summed E-state index contributed by atoms with van der Waals surface area (Å²) in [6.07, 6.45) is 1.51. The second-order valence-electron chi connectivity index (χ2n) is 3.61. The third kappa shape index (κ3) is 2.88. The minimum Gasteiger partial charge on any atom is -0.465 e. The fraction of sp³-hybridized carbons (Fsp3) is 0.167. The predicted molar refractivity (Wildman–Crippen MR) is 75.6 cm³/mol. The highest BCUT2D eigenvalue weighted by Gasteiger charge is 2.11. The van der Waals surface area contributed by atoms with Gasteiger partial charge in [0.2, 0.25) is 0 Å². The summed E-state index contributed by atoms with van der Waals surface area (Å²) < 4.78 is 5.63. The molecule has 0 saturated heterocycles. The molecule has 2 aromatic rings. The first-order chi connectivity index (χ1) is 8.60. The number of benzene rings is 1. The molecule has 6 heteroatoms. The van der Waals surface area contributed by atoms with Gasteiger partial charge in [-0.15, -0.1) is 0 Å². The van der Waals surface area contributed by atoms with Crippen LogP contribution in [0.25, 0.3) is 0 Å². The maximum absolute atomic E-state index is 11.3. The van der Waals surface area contributed by atoms with Crippen molar-refractivity contribution in [3.05, 3.63) is 39.3 Å². The highest BCUT2D eigenvalue weighted by atomic mass is 79.9. The fourth-order valence-electron chi connectivity index (χ4n) is 1.37. The van der Waals surface area contributed by atoms with E-state index < -0.39 is 0 Å². The number of aryl methyl sites for hydroxylation is 1. The Balaban J connectivity index is 2.21. The summed E-state index contributed by atoms with van der Waals surface area (Å²) in [4.78, 5) is 15.9. The van der Waals surface area contributed by atoms with Crippen LogP contribution in [0.1, 0.15) is 15.2 Å². The van der Waals surface area contributed by atoms with Crippen LogP contribution in [-0.4, -0.2) is 18.1 Å². The van der Waals surface area contributed by atoms with E-state index in [9.17, 15) is 4.79 Å². The van der Waals surface area contributed by atoms with E-state index in [2.05, 4.69) is 31.0 Å². The third-order valence-corrected chi connectivity index (χ3v) is 3.72. The number of aromatic nitrogens is 1. The number of anilines is 2. The monoisotopic (exact) mass is 326 g/mol. The number of carbonyl (C=O) groups excluding carboxylic acids is 1. The summed E-state index contributed by atoms with van der Waals surface area (Å²) in [7, 11) is 1.35. The van der Waals surface area contributed by atoms with Gasteiger partial charge in [0.1, 0.15) is 4.88 Å². The molecule has 1 heterocycles. The van der Waals surface area contributed by atoms with Gasteiger partial charge in [-0.1, -0.05) is 33.3 Å². The zero-order valence-corrected chi connectivity index (χ0v) is 12.3. The summed E-state index contributed by atoms with van der Waals surface area (Å²) in [6, 6.07) is 5.94. The van der Waals surface area contributed by atoms with E-state index in [0.29, 0.717) is 10.0 Å². The van der Waals surface area contributed by atoms with Gasteiger partial charge in [-0.05, 0) is 24.6 Å². The molecule has 2 rings (SSSR count). The molecular formula is C12H11BrN2O2S. The van der Waals surface area contributed by atoms with Crippen LogP contribution in [0.15, 0.2) is 28.9 Å². The summed E-state index contributed by atoms with van der Waals surface area (Å²) in [5.41, 5.74) is 2.06. The summed E-state index contributed by atoms with van der Waals surface area (Å²) in [6.45, 7) is 2.00. The Labute approximate surface area is 117 Å². The van der Waals surface area contributed by atoms with Crippen molar-refractivity contribution in [1.82, 2.24) is 4.98 Å². The van der Waals surface area contributed by atoms with Crippen molar-refractivity contribution in [3.63, 3.8) is 0 Å². The number of methoxy groups -OCH3 is 1. The average molecular weight is 327 g/mol. The van der Waals surface area contributed by atoms with Gasteiger partial charge in [0.25, 0.3) is 0 Å². The van der Waals surface area contributed by atoms with Crippen molar-refractivity contribution >= 4 is 44.1 Å². The second-order valence-corrected chi connectivity index (χ2v) is 5.55. The Morgan fingerprint density at radius 2 is 2.28 bits per heavy atom. The van der Waals surface area contributed by atoms with Crippen LogP contribution in [0.5, 0.6) is 0 Å². The first kappa shape index (κ1) is 13.0. The Hall–Kier alpha value is -1.40. The van der Waals surface area contributed by atoms with Crippen LogP contribution in [0.4, 0.5) is 10.8 Å². The van der Waals surface area contributed by atoms with Crippen LogP contribution < -0.4 is 5.32 Å². The molecule has 0 unspecified atom stereocenters. The van der Waals surface area contributed by atoms with E-state index in [0.717, 1.165) is 15.7 Å². The lowest BCUT2D eigenvalue weighted by Crippen LogP contribution is -1.96. The molecule has 0 aliphatic rings. The maximum Gasteiger partial charge on any atom is 0.349 e. The molecule has 1 N–H and O–H groups in total. The Bertz CT molecular complexity index is 583. The molecule has 4 nitrogen and oxygen atoms in total. The average Bonchev–Trinajstić information content (AvgIpc) is 2.81. The molecule has 0 spiro atoms. The molecule has 94 valence electrons. The summed E-state index contributed by atoms with van der Waals surface area (Å²) >= 11 is 4.68. The molecule has 0 amide bonds. The van der Waals surface area contributed by atoms with Gasteiger partial charge in [-0.25, -0.2) is 9.78 Å². The number of halogens is 1. The van der Waals surface area contributed by atoms with Gasteiger partial charge < -0.3 is 10.1 Å². The van der Waals surface area contributed by atoms with Crippen LogP contribution in [0.2, 0.25) is 0 Å².